The Morgan fingerprint density at radius 1 is 1.25 bits per heavy atom. The molecule has 2 aromatic rings. The minimum atomic E-state index is -0.118. The first-order valence-electron chi connectivity index (χ1n) is 8.47. The van der Waals surface area contributed by atoms with Gasteiger partial charge in [-0.05, 0) is 24.1 Å². The zero-order chi connectivity index (χ0) is 16.4. The topological polar surface area (TPSA) is 54.5 Å². The van der Waals surface area contributed by atoms with Gasteiger partial charge in [-0.3, -0.25) is 9.78 Å². The number of pyridine rings is 1. The largest absolute Gasteiger partial charge is 0.493 e. The number of para-hydroxylation sites is 1. The summed E-state index contributed by atoms with van der Waals surface area (Å²) >= 11 is 0. The molecule has 2 aliphatic heterocycles. The molecule has 0 bridgehead atoms. The van der Waals surface area contributed by atoms with Crippen molar-refractivity contribution in [3.8, 4) is 5.75 Å². The minimum Gasteiger partial charge on any atom is -0.493 e. The van der Waals surface area contributed by atoms with E-state index in [0.29, 0.717) is 6.61 Å². The molecular weight excluding hydrogens is 302 g/mol. The fourth-order valence-corrected chi connectivity index (χ4v) is 3.64. The van der Waals surface area contributed by atoms with Crippen LogP contribution in [0.2, 0.25) is 0 Å². The number of benzene rings is 1. The minimum absolute atomic E-state index is 0.0370. The predicted molar refractivity (Wildman–Crippen MR) is 90.9 cm³/mol. The SMILES string of the molecule is O=C(C1CCOc2ccccc21)N1CCNCC1c1cccnc1. The Morgan fingerprint density at radius 3 is 3.04 bits per heavy atom. The maximum Gasteiger partial charge on any atom is 0.230 e. The van der Waals surface area contributed by atoms with Crippen molar-refractivity contribution in [2.75, 3.05) is 26.2 Å². The van der Waals surface area contributed by atoms with Crippen LogP contribution in [0.25, 0.3) is 0 Å². The lowest BCUT2D eigenvalue weighted by atomic mass is 9.90. The number of ether oxygens (including phenoxy) is 1. The second-order valence-electron chi connectivity index (χ2n) is 6.27. The molecule has 1 fully saturated rings. The number of fused-ring (bicyclic) bond motifs is 1. The Labute approximate surface area is 141 Å². The number of carbonyl (C=O) groups is 1. The van der Waals surface area contributed by atoms with Crippen molar-refractivity contribution in [2.45, 2.75) is 18.4 Å². The second-order valence-corrected chi connectivity index (χ2v) is 6.27. The summed E-state index contributed by atoms with van der Waals surface area (Å²) in [4.78, 5) is 19.6. The lowest BCUT2D eigenvalue weighted by molar-refractivity contribution is -0.137. The van der Waals surface area contributed by atoms with Gasteiger partial charge in [0.25, 0.3) is 0 Å². The number of carbonyl (C=O) groups excluding carboxylic acids is 1. The van der Waals surface area contributed by atoms with Gasteiger partial charge in [-0.2, -0.15) is 0 Å². The highest BCUT2D eigenvalue weighted by atomic mass is 16.5. The van der Waals surface area contributed by atoms with Crippen LogP contribution in [-0.2, 0) is 4.79 Å². The molecule has 0 radical (unpaired) electrons. The first-order chi connectivity index (χ1) is 11.8. The number of nitrogens with one attached hydrogen (secondary N) is 1. The first kappa shape index (κ1) is 15.1. The number of piperazine rings is 1. The van der Waals surface area contributed by atoms with E-state index in [-0.39, 0.29) is 17.9 Å². The summed E-state index contributed by atoms with van der Waals surface area (Å²) in [6.45, 7) is 2.91. The number of rotatable bonds is 2. The van der Waals surface area contributed by atoms with Gasteiger partial charge in [0.15, 0.2) is 0 Å². The van der Waals surface area contributed by atoms with E-state index < -0.39 is 0 Å². The van der Waals surface area contributed by atoms with Gasteiger partial charge in [0.05, 0.1) is 18.6 Å². The molecule has 2 atom stereocenters. The van der Waals surface area contributed by atoms with Gasteiger partial charge in [0, 0.05) is 37.6 Å². The van der Waals surface area contributed by atoms with Gasteiger partial charge in [0.1, 0.15) is 5.75 Å². The number of amides is 1. The van der Waals surface area contributed by atoms with Crippen LogP contribution in [0.15, 0.2) is 48.8 Å². The third-order valence-corrected chi connectivity index (χ3v) is 4.85. The first-order valence-corrected chi connectivity index (χ1v) is 8.47. The third kappa shape index (κ3) is 2.76. The highest BCUT2D eigenvalue weighted by Crippen LogP contribution is 2.36. The number of aromatic nitrogens is 1. The van der Waals surface area contributed by atoms with Crippen LogP contribution < -0.4 is 10.1 Å². The summed E-state index contributed by atoms with van der Waals surface area (Å²) in [6, 6.07) is 11.9. The van der Waals surface area contributed by atoms with Crippen molar-refractivity contribution in [2.24, 2.45) is 0 Å². The quantitative estimate of drug-likeness (QED) is 0.920. The number of hydrogen-bond acceptors (Lipinski definition) is 4. The number of nitrogens with zero attached hydrogens (tertiary/aromatic N) is 2. The van der Waals surface area contributed by atoms with Gasteiger partial charge < -0.3 is 15.0 Å². The summed E-state index contributed by atoms with van der Waals surface area (Å²) < 4.78 is 5.71. The zero-order valence-corrected chi connectivity index (χ0v) is 13.5. The fourth-order valence-electron chi connectivity index (χ4n) is 3.64. The lowest BCUT2D eigenvalue weighted by Crippen LogP contribution is -2.50. The predicted octanol–water partition coefficient (Wildman–Crippen LogP) is 2.12. The van der Waals surface area contributed by atoms with Crippen molar-refractivity contribution in [3.63, 3.8) is 0 Å². The molecule has 0 spiro atoms. The van der Waals surface area contributed by atoms with Crippen LogP contribution in [0.1, 0.15) is 29.5 Å². The Balaban J connectivity index is 1.63. The molecule has 3 heterocycles. The standard InChI is InChI=1S/C19H21N3O2/c23-19(16-7-11-24-18-6-2-1-5-15(16)18)22-10-9-21-13-17(22)14-4-3-8-20-12-14/h1-6,8,12,16-17,21H,7,9-11,13H2. The van der Waals surface area contributed by atoms with Crippen molar-refractivity contribution < 1.29 is 9.53 Å². The van der Waals surface area contributed by atoms with Crippen molar-refractivity contribution >= 4 is 5.91 Å². The van der Waals surface area contributed by atoms with Gasteiger partial charge in [0.2, 0.25) is 5.91 Å². The summed E-state index contributed by atoms with van der Waals surface area (Å²) in [7, 11) is 0. The van der Waals surface area contributed by atoms with Crippen molar-refractivity contribution in [1.29, 1.82) is 0 Å². The summed E-state index contributed by atoms with van der Waals surface area (Å²) in [5, 5.41) is 3.39. The monoisotopic (exact) mass is 323 g/mol. The molecule has 124 valence electrons. The molecule has 4 rings (SSSR count). The molecule has 0 aliphatic carbocycles. The highest BCUT2D eigenvalue weighted by molar-refractivity contribution is 5.85. The zero-order valence-electron chi connectivity index (χ0n) is 13.5. The van der Waals surface area contributed by atoms with E-state index in [0.717, 1.165) is 42.9 Å². The van der Waals surface area contributed by atoms with Crippen LogP contribution >= 0.6 is 0 Å². The molecule has 1 N–H and O–H groups in total. The van der Waals surface area contributed by atoms with Gasteiger partial charge in [-0.25, -0.2) is 0 Å². The Bertz CT molecular complexity index is 720. The molecule has 1 aromatic carbocycles. The molecule has 5 nitrogen and oxygen atoms in total. The molecule has 1 aromatic heterocycles. The maximum atomic E-state index is 13.3. The lowest BCUT2D eigenvalue weighted by Gasteiger charge is -2.39. The second kappa shape index (κ2) is 6.61. The van der Waals surface area contributed by atoms with E-state index in [2.05, 4.69) is 10.3 Å². The van der Waals surface area contributed by atoms with Crippen LogP contribution in [0.4, 0.5) is 0 Å². The summed E-state index contributed by atoms with van der Waals surface area (Å²) in [5.41, 5.74) is 2.09. The summed E-state index contributed by atoms with van der Waals surface area (Å²) in [5.74, 6) is 0.920. The van der Waals surface area contributed by atoms with E-state index in [1.165, 1.54) is 0 Å². The van der Waals surface area contributed by atoms with Crippen LogP contribution in [0, 0.1) is 0 Å². The molecule has 24 heavy (non-hydrogen) atoms. The van der Waals surface area contributed by atoms with Crippen LogP contribution in [0.3, 0.4) is 0 Å². The Hall–Kier alpha value is -2.40. The Morgan fingerprint density at radius 2 is 2.17 bits per heavy atom. The average molecular weight is 323 g/mol. The summed E-state index contributed by atoms with van der Waals surface area (Å²) in [6.07, 6.45) is 4.36. The fraction of sp³-hybridized carbons (Fsp3) is 0.368. The van der Waals surface area contributed by atoms with Crippen molar-refractivity contribution in [3.05, 3.63) is 59.9 Å². The molecular formula is C19H21N3O2. The smallest absolute Gasteiger partial charge is 0.230 e. The number of hydrogen-bond donors (Lipinski definition) is 1. The van der Waals surface area contributed by atoms with E-state index in [9.17, 15) is 4.79 Å². The molecule has 2 unspecified atom stereocenters. The van der Waals surface area contributed by atoms with Gasteiger partial charge >= 0.3 is 0 Å². The van der Waals surface area contributed by atoms with Crippen LogP contribution in [-0.4, -0.2) is 42.0 Å². The van der Waals surface area contributed by atoms with Crippen molar-refractivity contribution in [1.82, 2.24) is 15.2 Å². The Kier molecular flexibility index (Phi) is 4.17. The van der Waals surface area contributed by atoms with E-state index in [1.54, 1.807) is 6.20 Å². The molecule has 1 amide bonds. The van der Waals surface area contributed by atoms with E-state index in [1.807, 2.05) is 47.5 Å². The molecule has 0 saturated carbocycles. The van der Waals surface area contributed by atoms with Gasteiger partial charge in [-0.15, -0.1) is 0 Å². The molecule has 2 aliphatic rings. The normalized spacial score (nSPS) is 23.2. The average Bonchev–Trinajstić information content (AvgIpc) is 2.68. The van der Waals surface area contributed by atoms with Crippen LogP contribution in [0.5, 0.6) is 5.75 Å². The van der Waals surface area contributed by atoms with Gasteiger partial charge in [-0.1, -0.05) is 24.3 Å². The molecule has 5 heteroatoms. The third-order valence-electron chi connectivity index (χ3n) is 4.85. The maximum absolute atomic E-state index is 13.3. The van der Waals surface area contributed by atoms with E-state index in [4.69, 9.17) is 4.74 Å². The highest BCUT2D eigenvalue weighted by Gasteiger charge is 2.35. The molecule has 1 saturated heterocycles. The van der Waals surface area contributed by atoms with E-state index >= 15 is 0 Å².